The summed E-state index contributed by atoms with van der Waals surface area (Å²) in [5, 5.41) is 2.89. The number of benzene rings is 2. The van der Waals surface area contributed by atoms with Crippen LogP contribution in [0.3, 0.4) is 0 Å². The number of H-pyrrole nitrogens is 1. The molecular weight excluding hydrogens is 400 g/mol. The molecule has 9 heteroatoms. The van der Waals surface area contributed by atoms with Gasteiger partial charge in [-0.3, -0.25) is 19.1 Å². The number of methoxy groups -OCH3 is 1. The molecule has 4 rings (SSSR count). The van der Waals surface area contributed by atoms with Gasteiger partial charge in [-0.25, -0.2) is 9.78 Å². The Labute approximate surface area is 175 Å². The van der Waals surface area contributed by atoms with Crippen LogP contribution in [0.25, 0.3) is 11.0 Å². The molecule has 0 atom stereocenters. The third-order valence-corrected chi connectivity index (χ3v) is 4.63. The summed E-state index contributed by atoms with van der Waals surface area (Å²) in [6, 6.07) is 15.5. The van der Waals surface area contributed by atoms with Gasteiger partial charge in [0.05, 0.1) is 18.1 Å². The zero-order chi connectivity index (χ0) is 22.0. The van der Waals surface area contributed by atoms with Crippen molar-refractivity contribution in [1.82, 2.24) is 14.5 Å². The van der Waals surface area contributed by atoms with Crippen LogP contribution in [0.2, 0.25) is 0 Å². The van der Waals surface area contributed by atoms with Crippen LogP contribution in [0, 0.1) is 0 Å². The molecular formula is C22H18N4O5. The van der Waals surface area contributed by atoms with Gasteiger partial charge in [-0.1, -0.05) is 12.1 Å². The highest BCUT2D eigenvalue weighted by atomic mass is 16.5. The topological polar surface area (TPSA) is 115 Å². The van der Waals surface area contributed by atoms with Crippen LogP contribution < -0.4 is 26.0 Å². The maximum absolute atomic E-state index is 12.6. The molecule has 31 heavy (non-hydrogen) atoms. The first-order valence-electron chi connectivity index (χ1n) is 9.27. The molecule has 0 aliphatic carbocycles. The number of rotatable bonds is 5. The number of ether oxygens (including phenoxy) is 2. The lowest BCUT2D eigenvalue weighted by Gasteiger charge is -2.11. The number of carbonyl (C=O) groups excluding carboxylic acids is 1. The number of para-hydroxylation sites is 2. The van der Waals surface area contributed by atoms with Crippen molar-refractivity contribution >= 4 is 22.6 Å². The predicted octanol–water partition coefficient (Wildman–Crippen LogP) is 2.68. The summed E-state index contributed by atoms with van der Waals surface area (Å²) >= 11 is 0. The van der Waals surface area contributed by atoms with E-state index in [2.05, 4.69) is 15.3 Å². The lowest BCUT2D eigenvalue weighted by Crippen LogP contribution is -2.29. The van der Waals surface area contributed by atoms with Crippen molar-refractivity contribution in [3.8, 4) is 17.2 Å². The fraction of sp³-hybridized carbons (Fsp3) is 0.0909. The molecule has 2 heterocycles. The molecule has 0 saturated heterocycles. The van der Waals surface area contributed by atoms with Gasteiger partial charge in [-0.2, -0.15) is 0 Å². The average molecular weight is 418 g/mol. The Balaban J connectivity index is 1.52. The zero-order valence-corrected chi connectivity index (χ0v) is 16.7. The number of carbonyl (C=O) groups is 1. The third kappa shape index (κ3) is 4.01. The highest BCUT2D eigenvalue weighted by molar-refractivity contribution is 6.05. The SMILES string of the molecule is COc1ccccc1Oc1ccc(NC(=O)c2cnc3c(c2)c(=O)[nH]c(=O)n3C)cc1. The Morgan fingerprint density at radius 3 is 2.48 bits per heavy atom. The first kappa shape index (κ1) is 19.9. The largest absolute Gasteiger partial charge is 0.493 e. The van der Waals surface area contributed by atoms with Gasteiger partial charge >= 0.3 is 5.69 Å². The van der Waals surface area contributed by atoms with Crippen molar-refractivity contribution in [2.75, 3.05) is 12.4 Å². The van der Waals surface area contributed by atoms with Crippen LogP contribution in [0.5, 0.6) is 17.2 Å². The summed E-state index contributed by atoms with van der Waals surface area (Å²) in [5.41, 5.74) is -0.253. The Bertz CT molecular complexity index is 1390. The average Bonchev–Trinajstić information content (AvgIpc) is 2.79. The molecule has 9 nitrogen and oxygen atoms in total. The number of nitrogens with zero attached hydrogens (tertiary/aromatic N) is 2. The van der Waals surface area contributed by atoms with Crippen molar-refractivity contribution in [2.24, 2.45) is 7.05 Å². The fourth-order valence-electron chi connectivity index (χ4n) is 3.00. The van der Waals surface area contributed by atoms with E-state index in [9.17, 15) is 14.4 Å². The van der Waals surface area contributed by atoms with E-state index in [4.69, 9.17) is 9.47 Å². The first-order valence-corrected chi connectivity index (χ1v) is 9.27. The van der Waals surface area contributed by atoms with Gasteiger partial charge in [0.2, 0.25) is 0 Å². The smallest absolute Gasteiger partial charge is 0.329 e. The van der Waals surface area contributed by atoms with Crippen LogP contribution >= 0.6 is 0 Å². The molecule has 0 radical (unpaired) electrons. The molecule has 4 aromatic rings. The Morgan fingerprint density at radius 1 is 1.06 bits per heavy atom. The minimum Gasteiger partial charge on any atom is -0.493 e. The zero-order valence-electron chi connectivity index (χ0n) is 16.7. The van der Waals surface area contributed by atoms with E-state index >= 15 is 0 Å². The molecule has 0 unspecified atom stereocenters. The number of amides is 1. The minimum absolute atomic E-state index is 0.148. The van der Waals surface area contributed by atoms with E-state index in [1.807, 2.05) is 12.1 Å². The van der Waals surface area contributed by atoms with Crippen molar-refractivity contribution in [2.45, 2.75) is 0 Å². The molecule has 0 spiro atoms. The van der Waals surface area contributed by atoms with Gasteiger partial charge < -0.3 is 14.8 Å². The van der Waals surface area contributed by atoms with Gasteiger partial charge in [0.15, 0.2) is 11.5 Å². The quantitative estimate of drug-likeness (QED) is 0.515. The molecule has 2 aromatic heterocycles. The second kappa shape index (κ2) is 8.15. The van der Waals surface area contributed by atoms with E-state index in [-0.39, 0.29) is 16.6 Å². The Hall–Kier alpha value is -4.40. The molecule has 2 aromatic carbocycles. The van der Waals surface area contributed by atoms with Gasteiger partial charge in [-0.05, 0) is 42.5 Å². The minimum atomic E-state index is -0.599. The molecule has 0 aliphatic heterocycles. The van der Waals surface area contributed by atoms with Crippen LogP contribution in [-0.4, -0.2) is 27.6 Å². The van der Waals surface area contributed by atoms with Crippen molar-refractivity contribution in [3.63, 3.8) is 0 Å². The van der Waals surface area contributed by atoms with Crippen LogP contribution in [0.15, 0.2) is 70.4 Å². The maximum Gasteiger partial charge on any atom is 0.329 e. The van der Waals surface area contributed by atoms with Crippen LogP contribution in [-0.2, 0) is 7.05 Å². The highest BCUT2D eigenvalue weighted by Gasteiger charge is 2.12. The lowest BCUT2D eigenvalue weighted by atomic mass is 10.2. The predicted molar refractivity (Wildman–Crippen MR) is 115 cm³/mol. The van der Waals surface area contributed by atoms with Gasteiger partial charge in [0.25, 0.3) is 11.5 Å². The van der Waals surface area contributed by atoms with Crippen molar-refractivity contribution in [3.05, 3.63) is 87.2 Å². The number of aromatic nitrogens is 3. The normalized spacial score (nSPS) is 10.6. The van der Waals surface area contributed by atoms with Crippen LogP contribution in [0.4, 0.5) is 5.69 Å². The molecule has 0 bridgehead atoms. The van der Waals surface area contributed by atoms with Gasteiger partial charge in [0.1, 0.15) is 11.4 Å². The van der Waals surface area contributed by atoms with Crippen LogP contribution in [0.1, 0.15) is 10.4 Å². The number of pyridine rings is 1. The molecule has 0 fully saturated rings. The number of nitrogens with one attached hydrogen (secondary N) is 2. The molecule has 156 valence electrons. The lowest BCUT2D eigenvalue weighted by molar-refractivity contribution is 0.102. The van der Waals surface area contributed by atoms with E-state index < -0.39 is 17.2 Å². The van der Waals surface area contributed by atoms with E-state index in [1.165, 1.54) is 23.9 Å². The summed E-state index contributed by atoms with van der Waals surface area (Å²) in [4.78, 5) is 42.6. The number of fused-ring (bicyclic) bond motifs is 1. The number of aromatic amines is 1. The van der Waals surface area contributed by atoms with Crippen molar-refractivity contribution < 1.29 is 14.3 Å². The summed E-state index contributed by atoms with van der Waals surface area (Å²) < 4.78 is 12.3. The molecule has 1 amide bonds. The Morgan fingerprint density at radius 2 is 1.77 bits per heavy atom. The summed E-state index contributed by atoms with van der Waals surface area (Å²) in [7, 11) is 3.05. The molecule has 0 saturated carbocycles. The molecule has 2 N–H and O–H groups in total. The molecule has 0 aliphatic rings. The number of anilines is 1. The summed E-state index contributed by atoms with van der Waals surface area (Å²) in [6.07, 6.45) is 1.32. The monoisotopic (exact) mass is 418 g/mol. The summed E-state index contributed by atoms with van der Waals surface area (Å²) in [5.74, 6) is 1.31. The summed E-state index contributed by atoms with van der Waals surface area (Å²) in [6.45, 7) is 0. The Kier molecular flexibility index (Phi) is 5.23. The number of aryl methyl sites for hydroxylation is 1. The van der Waals surface area contributed by atoms with Crippen molar-refractivity contribution in [1.29, 1.82) is 0 Å². The maximum atomic E-state index is 12.6. The van der Waals surface area contributed by atoms with E-state index in [0.29, 0.717) is 22.9 Å². The fourth-order valence-corrected chi connectivity index (χ4v) is 3.00. The number of hydrogen-bond donors (Lipinski definition) is 2. The van der Waals surface area contributed by atoms with E-state index in [1.54, 1.807) is 43.5 Å². The second-order valence-corrected chi connectivity index (χ2v) is 6.64. The van der Waals surface area contributed by atoms with E-state index in [0.717, 1.165) is 0 Å². The third-order valence-electron chi connectivity index (χ3n) is 4.63. The second-order valence-electron chi connectivity index (χ2n) is 6.64. The standard InChI is InChI=1S/C22H18N4O5/c1-26-19-16(21(28)25-22(26)29)11-13(12-23-19)20(27)24-14-7-9-15(10-8-14)31-18-6-4-3-5-17(18)30-2/h3-12H,1-2H3,(H,24,27)(H,25,28,29). The first-order chi connectivity index (χ1) is 15.0. The highest BCUT2D eigenvalue weighted by Crippen LogP contribution is 2.31. The van der Waals surface area contributed by atoms with Gasteiger partial charge in [0, 0.05) is 18.9 Å². The van der Waals surface area contributed by atoms with Gasteiger partial charge in [-0.15, -0.1) is 0 Å². The number of hydrogen-bond acceptors (Lipinski definition) is 6.